The average molecular weight is 338 g/mol. The summed E-state index contributed by atoms with van der Waals surface area (Å²) >= 11 is 0. The van der Waals surface area contributed by atoms with Crippen molar-refractivity contribution in [2.45, 2.75) is 19.9 Å². The van der Waals surface area contributed by atoms with Gasteiger partial charge in [0.1, 0.15) is 0 Å². The van der Waals surface area contributed by atoms with Gasteiger partial charge in [-0.05, 0) is 26.0 Å². The molecule has 4 rings (SSSR count). The summed E-state index contributed by atoms with van der Waals surface area (Å²) in [5.41, 5.74) is 1.01. The van der Waals surface area contributed by atoms with Crippen LogP contribution in [0.1, 0.15) is 40.6 Å². The number of carbonyl (C=O) groups is 2. The highest BCUT2D eigenvalue weighted by atomic mass is 16.2. The molecule has 0 radical (unpaired) electrons. The minimum absolute atomic E-state index is 0.0630. The number of imidazole rings is 1. The fourth-order valence-corrected chi connectivity index (χ4v) is 3.11. The molecule has 126 valence electrons. The quantitative estimate of drug-likeness (QED) is 0.556. The molecule has 0 unspecified atom stereocenters. The molecule has 0 saturated carbocycles. The first-order valence-corrected chi connectivity index (χ1v) is 7.88. The Morgan fingerprint density at radius 1 is 1.08 bits per heavy atom. The number of H-pyrrole nitrogens is 1. The highest BCUT2D eigenvalue weighted by Crippen LogP contribution is 2.25. The smallest absolute Gasteiger partial charge is 0.274 e. The second kappa shape index (κ2) is 5.10. The number of amides is 2. The van der Waals surface area contributed by atoms with Crippen molar-refractivity contribution in [2.24, 2.45) is 7.05 Å². The van der Waals surface area contributed by atoms with E-state index in [1.807, 2.05) is 18.4 Å². The van der Waals surface area contributed by atoms with E-state index in [1.54, 1.807) is 42.2 Å². The zero-order chi connectivity index (χ0) is 17.9. The molecule has 1 N–H and O–H groups in total. The Kier molecular flexibility index (Phi) is 3.11. The van der Waals surface area contributed by atoms with Crippen molar-refractivity contribution in [1.82, 2.24) is 14.5 Å². The fraction of sp³-hybridized carbons (Fsp3) is 0.235. The number of hydrogen-bond acceptors (Lipinski definition) is 4. The van der Waals surface area contributed by atoms with Gasteiger partial charge in [-0.1, -0.05) is 17.1 Å². The number of aromatic amines is 1. The largest absolute Gasteiger partial charge is 0.311 e. The van der Waals surface area contributed by atoms with Crippen LogP contribution in [0.4, 0.5) is 5.95 Å². The number of anilines is 1. The van der Waals surface area contributed by atoms with Crippen LogP contribution in [0.25, 0.3) is 11.2 Å². The van der Waals surface area contributed by atoms with Gasteiger partial charge in [0, 0.05) is 0 Å². The lowest BCUT2D eigenvalue weighted by Gasteiger charge is -2.09. The molecule has 2 amide bonds. The Labute approximate surface area is 142 Å². The summed E-state index contributed by atoms with van der Waals surface area (Å²) in [4.78, 5) is 45.6. The Morgan fingerprint density at radius 3 is 2.24 bits per heavy atom. The molecule has 0 bridgehead atoms. The second-order valence-corrected chi connectivity index (χ2v) is 6.28. The van der Waals surface area contributed by atoms with Crippen molar-refractivity contribution in [3.05, 3.63) is 52.1 Å². The number of benzene rings is 1. The average Bonchev–Trinajstić information content (AvgIpc) is 3.04. The van der Waals surface area contributed by atoms with Crippen molar-refractivity contribution in [3.63, 3.8) is 0 Å². The summed E-state index contributed by atoms with van der Waals surface area (Å²) in [6.07, 6.45) is 1.77. The number of aromatic nitrogens is 4. The minimum Gasteiger partial charge on any atom is -0.274 e. The Morgan fingerprint density at radius 2 is 1.68 bits per heavy atom. The van der Waals surface area contributed by atoms with Crippen LogP contribution in [-0.4, -0.2) is 26.3 Å². The molecule has 1 aliphatic rings. The summed E-state index contributed by atoms with van der Waals surface area (Å²) in [6.45, 7) is 3.92. The molecule has 3 heterocycles. The number of carbonyl (C=O) groups excluding carboxylic acids is 2. The van der Waals surface area contributed by atoms with Crippen LogP contribution < -0.4 is 15.0 Å². The van der Waals surface area contributed by atoms with Gasteiger partial charge in [0.25, 0.3) is 23.3 Å². The molecule has 0 atom stereocenters. The summed E-state index contributed by atoms with van der Waals surface area (Å²) < 4.78 is 3.50. The van der Waals surface area contributed by atoms with Crippen molar-refractivity contribution in [3.8, 4) is 0 Å². The number of nitrogens with zero attached hydrogens (tertiary/aromatic N) is 4. The lowest BCUT2D eigenvalue weighted by atomic mass is 10.1. The highest BCUT2D eigenvalue weighted by Gasteiger charge is 2.40. The van der Waals surface area contributed by atoms with Gasteiger partial charge in [-0.3, -0.25) is 23.9 Å². The first-order valence-electron chi connectivity index (χ1n) is 7.88. The maximum atomic E-state index is 12.6. The van der Waals surface area contributed by atoms with Gasteiger partial charge < -0.3 is 0 Å². The Bertz CT molecular complexity index is 1070. The third kappa shape index (κ3) is 2.03. The van der Waals surface area contributed by atoms with Crippen molar-refractivity contribution >= 4 is 28.9 Å². The highest BCUT2D eigenvalue weighted by molar-refractivity contribution is 6.33. The summed E-state index contributed by atoms with van der Waals surface area (Å²) in [7, 11) is 1.75. The number of fused-ring (bicyclic) bond motifs is 2. The van der Waals surface area contributed by atoms with E-state index in [0.29, 0.717) is 22.3 Å². The molecule has 1 aromatic carbocycles. The van der Waals surface area contributed by atoms with Gasteiger partial charge in [0.2, 0.25) is 5.52 Å². The number of imide groups is 1. The van der Waals surface area contributed by atoms with Crippen molar-refractivity contribution in [2.75, 3.05) is 4.90 Å². The number of hydrogen-bond donors (Lipinski definition) is 1. The Hall–Kier alpha value is -3.29. The van der Waals surface area contributed by atoms with Gasteiger partial charge in [0.05, 0.1) is 24.2 Å². The fourth-order valence-electron chi connectivity index (χ4n) is 3.11. The predicted octanol–water partition coefficient (Wildman–Crippen LogP) is 0.931. The van der Waals surface area contributed by atoms with E-state index < -0.39 is 17.4 Å². The van der Waals surface area contributed by atoms with E-state index in [-0.39, 0.29) is 12.0 Å². The third-order valence-electron chi connectivity index (χ3n) is 4.32. The molecule has 0 saturated heterocycles. The van der Waals surface area contributed by atoms with Gasteiger partial charge in [-0.15, -0.1) is 0 Å². The van der Waals surface area contributed by atoms with Crippen molar-refractivity contribution in [1.29, 1.82) is 0 Å². The maximum absolute atomic E-state index is 12.6. The van der Waals surface area contributed by atoms with E-state index in [4.69, 9.17) is 0 Å². The summed E-state index contributed by atoms with van der Waals surface area (Å²) in [5, 5.41) is 0. The predicted molar refractivity (Wildman–Crippen MR) is 89.5 cm³/mol. The zero-order valence-corrected chi connectivity index (χ0v) is 14.0. The lowest BCUT2D eigenvalue weighted by molar-refractivity contribution is -0.693. The first-order chi connectivity index (χ1) is 11.9. The van der Waals surface area contributed by atoms with Crippen LogP contribution in [-0.2, 0) is 7.05 Å². The van der Waals surface area contributed by atoms with E-state index in [2.05, 4.69) is 9.97 Å². The van der Waals surface area contributed by atoms with Gasteiger partial charge in [-0.25, -0.2) is 4.57 Å². The normalized spacial score (nSPS) is 14.0. The van der Waals surface area contributed by atoms with E-state index >= 15 is 0 Å². The summed E-state index contributed by atoms with van der Waals surface area (Å²) in [5.74, 6) is -1.05. The Balaban J connectivity index is 1.95. The van der Waals surface area contributed by atoms with E-state index in [9.17, 15) is 14.4 Å². The van der Waals surface area contributed by atoms with Gasteiger partial charge >= 0.3 is 5.65 Å². The summed E-state index contributed by atoms with van der Waals surface area (Å²) in [6, 6.07) is 6.62. The van der Waals surface area contributed by atoms with Crippen LogP contribution in [0.5, 0.6) is 0 Å². The molecule has 2 aromatic heterocycles. The molecule has 8 heteroatoms. The van der Waals surface area contributed by atoms with Gasteiger partial charge in [-0.2, -0.15) is 4.90 Å². The number of nitrogens with one attached hydrogen (secondary N) is 1. The first kappa shape index (κ1) is 15.3. The van der Waals surface area contributed by atoms with Crippen molar-refractivity contribution < 1.29 is 14.2 Å². The molecule has 0 aliphatic carbocycles. The molecular formula is C17H16N5O3+. The molecular weight excluding hydrogens is 322 g/mol. The lowest BCUT2D eigenvalue weighted by Crippen LogP contribution is -2.37. The number of rotatable bonds is 2. The van der Waals surface area contributed by atoms with Crippen LogP contribution in [0.3, 0.4) is 0 Å². The van der Waals surface area contributed by atoms with E-state index in [1.165, 1.54) is 0 Å². The topological polar surface area (TPSA) is 91.9 Å². The zero-order valence-electron chi connectivity index (χ0n) is 14.0. The maximum Gasteiger partial charge on any atom is 0.311 e. The third-order valence-corrected chi connectivity index (χ3v) is 4.32. The molecule has 8 nitrogen and oxygen atoms in total. The SMILES string of the molecule is CC(C)[n+]1cn(C)c2c(=O)[nH]c(N3C(=O)c4ccccc4C3=O)nc21. The molecule has 1 aliphatic heterocycles. The van der Waals surface area contributed by atoms with E-state index in [0.717, 1.165) is 4.90 Å². The van der Waals surface area contributed by atoms with Crippen LogP contribution in [0.2, 0.25) is 0 Å². The second-order valence-electron chi connectivity index (χ2n) is 6.28. The molecule has 25 heavy (non-hydrogen) atoms. The molecule has 3 aromatic rings. The minimum atomic E-state index is -0.491. The monoisotopic (exact) mass is 338 g/mol. The molecule has 0 spiro atoms. The number of aryl methyl sites for hydroxylation is 1. The standard InChI is InChI=1S/C17H15N5O3/c1-9(2)21-8-20(3)12-13(21)18-17(19-14(12)23)22-15(24)10-6-4-5-7-11(10)16(22)25/h4-9H,1-3H3/p+1. The van der Waals surface area contributed by atoms with Gasteiger partial charge in [0.15, 0.2) is 6.33 Å². The van der Waals surface area contributed by atoms with Crippen LogP contribution >= 0.6 is 0 Å². The van der Waals surface area contributed by atoms with Crippen LogP contribution in [0.15, 0.2) is 35.4 Å². The molecule has 0 fully saturated rings. The van der Waals surface area contributed by atoms with Crippen LogP contribution in [0, 0.1) is 0 Å².